The highest BCUT2D eigenvalue weighted by molar-refractivity contribution is 5.30. The summed E-state index contributed by atoms with van der Waals surface area (Å²) in [6.07, 6.45) is 4.87. The van der Waals surface area contributed by atoms with E-state index >= 15 is 0 Å². The highest BCUT2D eigenvalue weighted by atomic mass is 16.5. The van der Waals surface area contributed by atoms with Crippen molar-refractivity contribution in [3.8, 4) is 11.5 Å². The van der Waals surface area contributed by atoms with Crippen LogP contribution >= 0.6 is 0 Å². The van der Waals surface area contributed by atoms with Gasteiger partial charge in [-0.3, -0.25) is 0 Å². The lowest BCUT2D eigenvalue weighted by Gasteiger charge is -2.28. The number of phenols is 1. The fourth-order valence-corrected chi connectivity index (χ4v) is 2.28. The fraction of sp³-hybridized carbons (Fsp3) is 0.538. The number of hydrogen-bond donors (Lipinski definition) is 2. The Morgan fingerprint density at radius 1 is 1.25 bits per heavy atom. The van der Waals surface area contributed by atoms with Crippen molar-refractivity contribution in [2.75, 3.05) is 6.54 Å². The molecule has 0 aromatic heterocycles. The van der Waals surface area contributed by atoms with Crippen LogP contribution in [0.25, 0.3) is 0 Å². The highest BCUT2D eigenvalue weighted by Gasteiger charge is 2.22. The van der Waals surface area contributed by atoms with Crippen LogP contribution in [0.2, 0.25) is 0 Å². The van der Waals surface area contributed by atoms with Crippen molar-refractivity contribution >= 4 is 0 Å². The lowest BCUT2D eigenvalue weighted by molar-refractivity contribution is 0.126. The maximum Gasteiger partial charge on any atom is 0.119 e. The summed E-state index contributed by atoms with van der Waals surface area (Å²) in [6.45, 7) is 0.759. The summed E-state index contributed by atoms with van der Waals surface area (Å²) >= 11 is 0. The molecule has 2 unspecified atom stereocenters. The second-order valence-electron chi connectivity index (χ2n) is 4.50. The molecule has 1 aliphatic rings. The van der Waals surface area contributed by atoms with E-state index in [1.165, 1.54) is 12.8 Å². The Bertz CT molecular complexity index is 323. The smallest absolute Gasteiger partial charge is 0.119 e. The van der Waals surface area contributed by atoms with Crippen molar-refractivity contribution in [1.82, 2.24) is 0 Å². The van der Waals surface area contributed by atoms with Crippen LogP contribution in [0.4, 0.5) is 0 Å². The average molecular weight is 221 g/mol. The molecule has 1 aromatic rings. The Morgan fingerprint density at radius 3 is 2.69 bits per heavy atom. The SMILES string of the molecule is NCC1CCCC(Oc2ccc(O)cc2)C1. The van der Waals surface area contributed by atoms with E-state index in [0.717, 1.165) is 25.1 Å². The molecule has 88 valence electrons. The zero-order valence-electron chi connectivity index (χ0n) is 9.43. The molecule has 1 aromatic carbocycles. The number of ether oxygens (including phenoxy) is 1. The average Bonchev–Trinajstić information content (AvgIpc) is 2.32. The van der Waals surface area contributed by atoms with Gasteiger partial charge in [-0.05, 0) is 62.4 Å². The number of benzene rings is 1. The van der Waals surface area contributed by atoms with E-state index in [0.29, 0.717) is 5.92 Å². The number of rotatable bonds is 3. The number of aromatic hydroxyl groups is 1. The second kappa shape index (κ2) is 5.21. The van der Waals surface area contributed by atoms with Gasteiger partial charge >= 0.3 is 0 Å². The number of hydrogen-bond acceptors (Lipinski definition) is 3. The van der Waals surface area contributed by atoms with Crippen LogP contribution in [-0.2, 0) is 0 Å². The van der Waals surface area contributed by atoms with Gasteiger partial charge in [-0.25, -0.2) is 0 Å². The quantitative estimate of drug-likeness (QED) is 0.823. The van der Waals surface area contributed by atoms with E-state index in [-0.39, 0.29) is 11.9 Å². The van der Waals surface area contributed by atoms with Gasteiger partial charge in [0.1, 0.15) is 11.5 Å². The topological polar surface area (TPSA) is 55.5 Å². The van der Waals surface area contributed by atoms with Gasteiger partial charge in [-0.15, -0.1) is 0 Å². The van der Waals surface area contributed by atoms with Crippen molar-refractivity contribution < 1.29 is 9.84 Å². The predicted molar refractivity (Wildman–Crippen MR) is 63.5 cm³/mol. The third-order valence-electron chi connectivity index (χ3n) is 3.21. The maximum absolute atomic E-state index is 9.17. The monoisotopic (exact) mass is 221 g/mol. The van der Waals surface area contributed by atoms with Gasteiger partial charge in [0.05, 0.1) is 6.10 Å². The minimum atomic E-state index is 0.274. The van der Waals surface area contributed by atoms with Crippen LogP contribution in [0.15, 0.2) is 24.3 Å². The molecule has 0 saturated heterocycles. The van der Waals surface area contributed by atoms with E-state index < -0.39 is 0 Å². The van der Waals surface area contributed by atoms with Crippen molar-refractivity contribution in [1.29, 1.82) is 0 Å². The molecule has 2 rings (SSSR count). The molecular weight excluding hydrogens is 202 g/mol. The summed E-state index contributed by atoms with van der Waals surface area (Å²) in [5.41, 5.74) is 5.69. The zero-order valence-corrected chi connectivity index (χ0v) is 9.43. The van der Waals surface area contributed by atoms with E-state index in [1.54, 1.807) is 24.3 Å². The molecule has 3 N–H and O–H groups in total. The Balaban J connectivity index is 1.91. The molecule has 0 bridgehead atoms. The molecule has 1 aliphatic carbocycles. The first-order valence-electron chi connectivity index (χ1n) is 5.93. The normalized spacial score (nSPS) is 25.3. The van der Waals surface area contributed by atoms with Crippen LogP contribution in [-0.4, -0.2) is 17.8 Å². The predicted octanol–water partition coefficient (Wildman–Crippen LogP) is 2.29. The molecule has 0 heterocycles. The van der Waals surface area contributed by atoms with Gasteiger partial charge in [0, 0.05) is 0 Å². The Morgan fingerprint density at radius 2 is 2.00 bits per heavy atom. The van der Waals surface area contributed by atoms with Crippen molar-refractivity contribution in [2.45, 2.75) is 31.8 Å². The molecule has 1 saturated carbocycles. The number of phenolic OH excluding ortho intramolecular Hbond substituents is 1. The van der Waals surface area contributed by atoms with Gasteiger partial charge in [-0.2, -0.15) is 0 Å². The van der Waals surface area contributed by atoms with Crippen molar-refractivity contribution in [3.63, 3.8) is 0 Å². The minimum Gasteiger partial charge on any atom is -0.508 e. The van der Waals surface area contributed by atoms with E-state index in [2.05, 4.69) is 0 Å². The van der Waals surface area contributed by atoms with E-state index in [1.807, 2.05) is 0 Å². The summed E-state index contributed by atoms with van der Waals surface area (Å²) in [4.78, 5) is 0. The molecule has 1 fully saturated rings. The minimum absolute atomic E-state index is 0.274. The first-order chi connectivity index (χ1) is 7.78. The maximum atomic E-state index is 9.17. The Hall–Kier alpha value is -1.22. The Kier molecular flexibility index (Phi) is 3.67. The Labute approximate surface area is 96.2 Å². The van der Waals surface area contributed by atoms with E-state index in [4.69, 9.17) is 10.5 Å². The van der Waals surface area contributed by atoms with Crippen LogP contribution < -0.4 is 10.5 Å². The van der Waals surface area contributed by atoms with Crippen molar-refractivity contribution in [2.24, 2.45) is 11.7 Å². The summed E-state index contributed by atoms with van der Waals surface area (Å²) in [6, 6.07) is 6.92. The second-order valence-corrected chi connectivity index (χ2v) is 4.50. The molecule has 0 radical (unpaired) electrons. The molecule has 0 amide bonds. The standard InChI is InChI=1S/C13H19NO2/c14-9-10-2-1-3-13(8-10)16-12-6-4-11(15)5-7-12/h4-7,10,13,15H,1-3,8-9,14H2. The highest BCUT2D eigenvalue weighted by Crippen LogP contribution is 2.27. The lowest BCUT2D eigenvalue weighted by Crippen LogP contribution is -2.29. The summed E-state index contributed by atoms with van der Waals surface area (Å²) in [5, 5.41) is 9.17. The molecule has 0 aliphatic heterocycles. The molecule has 3 heteroatoms. The first kappa shape index (κ1) is 11.3. The summed E-state index contributed by atoms with van der Waals surface area (Å²) in [7, 11) is 0. The largest absolute Gasteiger partial charge is 0.508 e. The van der Waals surface area contributed by atoms with Crippen LogP contribution in [0.1, 0.15) is 25.7 Å². The van der Waals surface area contributed by atoms with Gasteiger partial charge in [0.25, 0.3) is 0 Å². The fourth-order valence-electron chi connectivity index (χ4n) is 2.28. The number of nitrogens with two attached hydrogens (primary N) is 1. The molecule has 2 atom stereocenters. The third kappa shape index (κ3) is 2.89. The molecule has 3 nitrogen and oxygen atoms in total. The lowest BCUT2D eigenvalue weighted by atomic mass is 9.87. The van der Waals surface area contributed by atoms with Gasteiger partial charge < -0.3 is 15.6 Å². The summed E-state index contributed by atoms with van der Waals surface area (Å²) < 4.78 is 5.88. The van der Waals surface area contributed by atoms with Crippen LogP contribution in [0, 0.1) is 5.92 Å². The summed E-state index contributed by atoms with van der Waals surface area (Å²) in [5.74, 6) is 1.71. The van der Waals surface area contributed by atoms with Crippen LogP contribution in [0.5, 0.6) is 11.5 Å². The molecule has 16 heavy (non-hydrogen) atoms. The molecular formula is C13H19NO2. The van der Waals surface area contributed by atoms with Gasteiger partial charge in [-0.1, -0.05) is 0 Å². The van der Waals surface area contributed by atoms with Crippen LogP contribution in [0.3, 0.4) is 0 Å². The first-order valence-corrected chi connectivity index (χ1v) is 5.93. The third-order valence-corrected chi connectivity index (χ3v) is 3.21. The van der Waals surface area contributed by atoms with Gasteiger partial charge in [0.2, 0.25) is 0 Å². The van der Waals surface area contributed by atoms with Crippen molar-refractivity contribution in [3.05, 3.63) is 24.3 Å². The van der Waals surface area contributed by atoms with Gasteiger partial charge in [0.15, 0.2) is 0 Å². The zero-order chi connectivity index (χ0) is 11.4. The molecule has 0 spiro atoms. The van der Waals surface area contributed by atoms with E-state index in [9.17, 15) is 5.11 Å².